The minimum atomic E-state index is 1.06. The Hall–Kier alpha value is -4.70. The molecule has 0 radical (unpaired) electrons. The minimum Gasteiger partial charge on any atom is -0.313 e. The second-order valence-corrected chi connectivity index (χ2v) is 16.3. The van der Waals surface area contributed by atoms with Crippen molar-refractivity contribution in [1.82, 2.24) is 4.57 Å². The van der Waals surface area contributed by atoms with Crippen LogP contribution in [0.3, 0.4) is 0 Å². The molecule has 1 aliphatic heterocycles. The number of hydrogen-bond donors (Lipinski definition) is 0. The number of rotatable bonds is 3. The molecule has 0 N–H and O–H groups in total. The fraction of sp³-hybridized carbons (Fsp3) is 0.167. The fourth-order valence-electron chi connectivity index (χ4n) is 8.57. The molecule has 0 fully saturated rings. The van der Waals surface area contributed by atoms with Gasteiger partial charge in [0.2, 0.25) is 0 Å². The summed E-state index contributed by atoms with van der Waals surface area (Å²) in [6, 6.07) is 43.4. The molecule has 51 heavy (non-hydrogen) atoms. The molecule has 3 aliphatic carbocycles. The Morgan fingerprint density at radius 3 is 2.18 bits per heavy atom. The smallest absolute Gasteiger partial charge is 0.0543 e. The molecule has 0 amide bonds. The van der Waals surface area contributed by atoms with E-state index in [-0.39, 0.29) is 0 Å². The predicted molar refractivity (Wildman–Crippen MR) is 219 cm³/mol. The maximum absolute atomic E-state index is 2.54. The van der Waals surface area contributed by atoms with Gasteiger partial charge in [-0.3, -0.25) is 0 Å². The maximum Gasteiger partial charge on any atom is 0.0543 e. The summed E-state index contributed by atoms with van der Waals surface area (Å²) >= 11 is 3.93. The van der Waals surface area contributed by atoms with E-state index in [1.807, 2.05) is 23.5 Å². The van der Waals surface area contributed by atoms with E-state index in [2.05, 4.69) is 144 Å². The third kappa shape index (κ3) is 5.50. The Balaban J connectivity index is 1.16. The second-order valence-electron chi connectivity index (χ2n) is 14.0. The highest BCUT2D eigenvalue weighted by molar-refractivity contribution is 8.03. The van der Waals surface area contributed by atoms with Gasteiger partial charge in [0, 0.05) is 37.0 Å². The quantitative estimate of drug-likeness (QED) is 0.182. The highest BCUT2D eigenvalue weighted by atomic mass is 32.2. The van der Waals surface area contributed by atoms with Gasteiger partial charge in [-0.15, -0.1) is 0 Å². The van der Waals surface area contributed by atoms with Crippen molar-refractivity contribution >= 4 is 46.1 Å². The van der Waals surface area contributed by atoms with E-state index < -0.39 is 0 Å². The number of nitrogens with zero attached hydrogens (tertiary/aromatic N) is 1. The first kappa shape index (κ1) is 31.1. The van der Waals surface area contributed by atoms with Crippen LogP contribution in [0.2, 0.25) is 0 Å². The lowest BCUT2D eigenvalue weighted by Gasteiger charge is -2.28. The molecule has 0 saturated heterocycles. The maximum atomic E-state index is 2.54. The summed E-state index contributed by atoms with van der Waals surface area (Å²) in [4.78, 5) is 5.49. The van der Waals surface area contributed by atoms with Gasteiger partial charge in [0.05, 0.1) is 5.52 Å². The first-order valence-corrected chi connectivity index (χ1v) is 20.1. The molecule has 1 nitrogen and oxygen atoms in total. The lowest BCUT2D eigenvalue weighted by molar-refractivity contribution is 0.707. The molecule has 0 unspecified atom stereocenters. The zero-order valence-electron chi connectivity index (χ0n) is 28.7. The second kappa shape index (κ2) is 13.1. The molecule has 1 aromatic heterocycles. The topological polar surface area (TPSA) is 4.93 Å². The minimum absolute atomic E-state index is 1.06. The van der Waals surface area contributed by atoms with Crippen molar-refractivity contribution in [3.05, 3.63) is 166 Å². The Bertz CT molecular complexity index is 2470. The number of allylic oxidation sites excluding steroid dienone is 7. The number of aromatic nitrogens is 1. The zero-order valence-corrected chi connectivity index (χ0v) is 30.3. The zero-order chi connectivity index (χ0) is 33.7. The highest BCUT2D eigenvalue weighted by Gasteiger charge is 2.27. The van der Waals surface area contributed by atoms with Crippen LogP contribution < -0.4 is 0 Å². The Morgan fingerprint density at radius 2 is 1.31 bits per heavy atom. The number of benzene rings is 5. The lowest BCUT2D eigenvalue weighted by Crippen LogP contribution is -2.06. The van der Waals surface area contributed by atoms with E-state index in [0.717, 1.165) is 25.7 Å². The Kier molecular flexibility index (Phi) is 8.00. The van der Waals surface area contributed by atoms with E-state index >= 15 is 0 Å². The van der Waals surface area contributed by atoms with Crippen LogP contribution in [0.15, 0.2) is 164 Å². The van der Waals surface area contributed by atoms with Crippen LogP contribution >= 0.6 is 23.5 Å². The molecule has 6 aromatic rings. The van der Waals surface area contributed by atoms with Crippen LogP contribution in [-0.2, 0) is 6.42 Å². The molecule has 0 saturated carbocycles. The van der Waals surface area contributed by atoms with Crippen LogP contribution in [0.4, 0.5) is 0 Å². The van der Waals surface area contributed by atoms with Gasteiger partial charge in [-0.25, -0.2) is 0 Å². The molecule has 10 rings (SSSR count). The summed E-state index contributed by atoms with van der Waals surface area (Å²) in [5.74, 6) is 0. The van der Waals surface area contributed by atoms with Gasteiger partial charge < -0.3 is 4.57 Å². The SMILES string of the molecule is C1=Cc2c(n(-c3ccccc3)c3cc(-c4ccc5c(c4)-c4ccccc4Sc4ccccc4C4=C(CCC=C4C4=CCCCC4)S5)ccc23)CC1. The average molecular weight is 694 g/mol. The number of thioether (sulfide) groups is 1. The lowest BCUT2D eigenvalue weighted by atomic mass is 9.83. The number of para-hydroxylation sites is 1. The van der Waals surface area contributed by atoms with Gasteiger partial charge in [0.1, 0.15) is 0 Å². The van der Waals surface area contributed by atoms with E-state index in [9.17, 15) is 0 Å². The van der Waals surface area contributed by atoms with Gasteiger partial charge in [-0.05, 0) is 143 Å². The van der Waals surface area contributed by atoms with Gasteiger partial charge in [0.15, 0.2) is 0 Å². The highest BCUT2D eigenvalue weighted by Crippen LogP contribution is 2.52. The molecule has 0 atom stereocenters. The van der Waals surface area contributed by atoms with E-state index in [4.69, 9.17) is 0 Å². The summed E-state index contributed by atoms with van der Waals surface area (Å²) in [7, 11) is 0. The fourth-order valence-corrected chi connectivity index (χ4v) is 10.9. The molecule has 2 heterocycles. The van der Waals surface area contributed by atoms with E-state index in [0.29, 0.717) is 0 Å². The largest absolute Gasteiger partial charge is 0.313 e. The summed E-state index contributed by atoms with van der Waals surface area (Å²) in [6.07, 6.45) is 19.0. The standard InChI is InChI=1S/C48H39NS2/c1-3-14-32(15-4-1)36-21-13-25-47-48(36)40-20-9-12-24-45(40)50-44-23-11-8-19-39(44)41-30-33(27-29-46(41)51-47)34-26-28-38-37-18-7-10-22-42(37)49(43(38)31-34)35-16-5-2-6-17-35/h2,5-9,11-12,14,16-21,23-24,26-31H,1,3-4,10,13,15,22,25H2. The van der Waals surface area contributed by atoms with Crippen molar-refractivity contribution in [2.45, 2.75) is 66.1 Å². The van der Waals surface area contributed by atoms with Crippen LogP contribution in [-0.4, -0.2) is 4.57 Å². The number of hydrogen-bond acceptors (Lipinski definition) is 2. The van der Waals surface area contributed by atoms with Crippen LogP contribution in [0.5, 0.6) is 0 Å². The summed E-state index contributed by atoms with van der Waals surface area (Å²) in [6.45, 7) is 0. The molecule has 5 aromatic carbocycles. The number of fused-ring (bicyclic) bond motifs is 8. The van der Waals surface area contributed by atoms with Crippen molar-refractivity contribution in [3.63, 3.8) is 0 Å². The van der Waals surface area contributed by atoms with Crippen LogP contribution in [0.25, 0.3) is 50.5 Å². The summed E-state index contributed by atoms with van der Waals surface area (Å²) < 4.78 is 2.50. The molecule has 0 spiro atoms. The van der Waals surface area contributed by atoms with Crippen molar-refractivity contribution in [2.24, 2.45) is 0 Å². The normalized spacial score (nSPS) is 16.7. The molecule has 4 aliphatic rings. The molecule has 0 bridgehead atoms. The monoisotopic (exact) mass is 693 g/mol. The van der Waals surface area contributed by atoms with Crippen LogP contribution in [0.1, 0.15) is 61.8 Å². The molecule has 248 valence electrons. The molecular weight excluding hydrogens is 655 g/mol. The van der Waals surface area contributed by atoms with E-state index in [1.54, 1.807) is 5.57 Å². The van der Waals surface area contributed by atoms with Gasteiger partial charge in [0.25, 0.3) is 0 Å². The molecular formula is C48H39NS2. The summed E-state index contributed by atoms with van der Waals surface area (Å²) in [5.41, 5.74) is 16.3. The van der Waals surface area contributed by atoms with Crippen molar-refractivity contribution in [1.29, 1.82) is 0 Å². The van der Waals surface area contributed by atoms with Crippen molar-refractivity contribution in [3.8, 4) is 27.9 Å². The van der Waals surface area contributed by atoms with Crippen molar-refractivity contribution in [2.75, 3.05) is 0 Å². The van der Waals surface area contributed by atoms with Gasteiger partial charge in [-0.2, -0.15) is 0 Å². The van der Waals surface area contributed by atoms with Crippen LogP contribution in [0, 0.1) is 0 Å². The van der Waals surface area contributed by atoms with Crippen molar-refractivity contribution < 1.29 is 0 Å². The third-order valence-corrected chi connectivity index (χ3v) is 13.3. The average Bonchev–Trinajstić information content (AvgIpc) is 3.53. The van der Waals surface area contributed by atoms with Gasteiger partial charge >= 0.3 is 0 Å². The first-order chi connectivity index (χ1) is 25.3. The Labute approximate surface area is 309 Å². The van der Waals surface area contributed by atoms with E-state index in [1.165, 1.54) is 112 Å². The summed E-state index contributed by atoms with van der Waals surface area (Å²) in [5, 5.41) is 1.33. The Morgan fingerprint density at radius 1 is 0.549 bits per heavy atom. The van der Waals surface area contributed by atoms with Gasteiger partial charge in [-0.1, -0.05) is 121 Å². The first-order valence-electron chi connectivity index (χ1n) is 18.5. The molecule has 3 heteroatoms. The predicted octanol–water partition coefficient (Wildman–Crippen LogP) is 14.1. The third-order valence-electron chi connectivity index (χ3n) is 11.0.